The van der Waals surface area contributed by atoms with Crippen LogP contribution in [0.25, 0.3) is 0 Å². The first kappa shape index (κ1) is 20.0. The van der Waals surface area contributed by atoms with Gasteiger partial charge in [0.25, 0.3) is 5.91 Å². The first-order valence-corrected chi connectivity index (χ1v) is 8.66. The molecule has 0 aliphatic carbocycles. The second-order valence-corrected chi connectivity index (χ2v) is 6.37. The monoisotopic (exact) mass is 368 g/mol. The van der Waals surface area contributed by atoms with E-state index in [-0.39, 0.29) is 30.3 Å². The molecule has 0 fully saturated rings. The molecule has 2 aromatic carbocycles. The van der Waals surface area contributed by atoms with Crippen molar-refractivity contribution in [1.82, 2.24) is 5.32 Å². The van der Waals surface area contributed by atoms with Gasteiger partial charge in [-0.25, -0.2) is 0 Å². The molecular weight excluding hydrogens is 344 g/mol. The van der Waals surface area contributed by atoms with Gasteiger partial charge in [-0.05, 0) is 56.3 Å². The van der Waals surface area contributed by atoms with Gasteiger partial charge in [0, 0.05) is 35.6 Å². The summed E-state index contributed by atoms with van der Waals surface area (Å²) in [7, 11) is 0. The molecule has 142 valence electrons. The molecule has 0 spiro atoms. The summed E-state index contributed by atoms with van der Waals surface area (Å²) in [4.78, 5) is 35.1. The minimum atomic E-state index is -0.223. The van der Waals surface area contributed by atoms with E-state index in [4.69, 9.17) is 0 Å². The molecule has 7 heteroatoms. The molecule has 3 amide bonds. The predicted octanol–water partition coefficient (Wildman–Crippen LogP) is 2.83. The summed E-state index contributed by atoms with van der Waals surface area (Å²) in [5.41, 5.74) is 2.50. The van der Waals surface area contributed by atoms with Crippen molar-refractivity contribution in [3.63, 3.8) is 0 Å². The Kier molecular flexibility index (Phi) is 6.93. The van der Waals surface area contributed by atoms with Gasteiger partial charge in [0.15, 0.2) is 0 Å². The Hall–Kier alpha value is -3.35. The number of nitrogens with one attached hydrogen (secondary N) is 4. The van der Waals surface area contributed by atoms with Crippen LogP contribution in [-0.4, -0.2) is 30.3 Å². The minimum absolute atomic E-state index is 0.0527. The average Bonchev–Trinajstić information content (AvgIpc) is 2.61. The molecule has 27 heavy (non-hydrogen) atoms. The van der Waals surface area contributed by atoms with E-state index in [1.807, 2.05) is 13.8 Å². The standard InChI is InChI=1S/C20H24N4O3/c1-13(2)22-20(27)15-5-4-6-18(11-15)21-12-19(26)24-17-9-7-16(8-10-17)23-14(3)25/h4-11,13,21H,12H2,1-3H3,(H,22,27)(H,23,25)(H,24,26). The molecule has 2 rings (SSSR count). The quantitative estimate of drug-likeness (QED) is 0.604. The molecule has 0 unspecified atom stereocenters. The molecule has 0 aliphatic heterocycles. The number of hydrogen-bond acceptors (Lipinski definition) is 4. The van der Waals surface area contributed by atoms with Gasteiger partial charge in [0.05, 0.1) is 6.54 Å². The molecule has 0 radical (unpaired) electrons. The molecule has 0 saturated heterocycles. The van der Waals surface area contributed by atoms with Crippen molar-refractivity contribution in [2.75, 3.05) is 22.5 Å². The Balaban J connectivity index is 1.88. The van der Waals surface area contributed by atoms with Gasteiger partial charge in [0.2, 0.25) is 11.8 Å². The third kappa shape index (κ3) is 6.81. The number of hydrogen-bond donors (Lipinski definition) is 4. The second-order valence-electron chi connectivity index (χ2n) is 6.37. The van der Waals surface area contributed by atoms with E-state index in [0.717, 1.165) is 0 Å². The number of carbonyl (C=O) groups excluding carboxylic acids is 3. The van der Waals surface area contributed by atoms with E-state index < -0.39 is 0 Å². The molecule has 0 atom stereocenters. The number of rotatable bonds is 7. The summed E-state index contributed by atoms with van der Waals surface area (Å²) in [6.45, 7) is 5.28. The van der Waals surface area contributed by atoms with Crippen LogP contribution in [0.15, 0.2) is 48.5 Å². The van der Waals surface area contributed by atoms with Crippen LogP contribution in [0.2, 0.25) is 0 Å². The van der Waals surface area contributed by atoms with Gasteiger partial charge in [-0.3, -0.25) is 14.4 Å². The van der Waals surface area contributed by atoms with Crippen LogP contribution < -0.4 is 21.3 Å². The smallest absolute Gasteiger partial charge is 0.251 e. The molecule has 7 nitrogen and oxygen atoms in total. The Morgan fingerprint density at radius 3 is 2.11 bits per heavy atom. The van der Waals surface area contributed by atoms with Crippen molar-refractivity contribution >= 4 is 34.8 Å². The lowest BCUT2D eigenvalue weighted by Crippen LogP contribution is -2.30. The van der Waals surface area contributed by atoms with Gasteiger partial charge in [-0.2, -0.15) is 0 Å². The molecule has 0 saturated carbocycles. The van der Waals surface area contributed by atoms with Gasteiger partial charge in [-0.15, -0.1) is 0 Å². The molecule has 0 bridgehead atoms. The summed E-state index contributed by atoms with van der Waals surface area (Å²) in [5.74, 6) is -0.531. The van der Waals surface area contributed by atoms with E-state index in [1.165, 1.54) is 6.92 Å². The normalized spacial score (nSPS) is 10.2. The van der Waals surface area contributed by atoms with Crippen LogP contribution in [-0.2, 0) is 9.59 Å². The van der Waals surface area contributed by atoms with Gasteiger partial charge < -0.3 is 21.3 Å². The summed E-state index contributed by atoms with van der Waals surface area (Å²) >= 11 is 0. The molecule has 0 aromatic heterocycles. The molecule has 2 aromatic rings. The second kappa shape index (κ2) is 9.38. The van der Waals surface area contributed by atoms with E-state index in [0.29, 0.717) is 22.6 Å². The minimum Gasteiger partial charge on any atom is -0.376 e. The number of amides is 3. The highest BCUT2D eigenvalue weighted by atomic mass is 16.2. The predicted molar refractivity (Wildman–Crippen MR) is 107 cm³/mol. The average molecular weight is 368 g/mol. The van der Waals surface area contributed by atoms with Crippen molar-refractivity contribution in [2.45, 2.75) is 26.8 Å². The molecule has 4 N–H and O–H groups in total. The Bertz CT molecular complexity index is 816. The zero-order valence-corrected chi connectivity index (χ0v) is 15.6. The van der Waals surface area contributed by atoms with Crippen LogP contribution in [0, 0.1) is 0 Å². The molecule has 0 aliphatic rings. The number of benzene rings is 2. The largest absolute Gasteiger partial charge is 0.376 e. The Morgan fingerprint density at radius 2 is 1.52 bits per heavy atom. The van der Waals surface area contributed by atoms with Crippen LogP contribution in [0.5, 0.6) is 0 Å². The fourth-order valence-corrected chi connectivity index (χ4v) is 2.34. The van der Waals surface area contributed by atoms with E-state index in [1.54, 1.807) is 48.5 Å². The Labute approximate surface area is 158 Å². The summed E-state index contributed by atoms with van der Waals surface area (Å²) in [6, 6.07) is 13.9. The van der Waals surface area contributed by atoms with Crippen molar-refractivity contribution in [1.29, 1.82) is 0 Å². The topological polar surface area (TPSA) is 99.3 Å². The SMILES string of the molecule is CC(=O)Nc1ccc(NC(=O)CNc2cccc(C(=O)NC(C)C)c2)cc1. The van der Waals surface area contributed by atoms with E-state index >= 15 is 0 Å². The van der Waals surface area contributed by atoms with Crippen LogP contribution in [0.1, 0.15) is 31.1 Å². The maximum absolute atomic E-state index is 12.1. The molecule has 0 heterocycles. The third-order valence-electron chi connectivity index (χ3n) is 3.49. The van der Waals surface area contributed by atoms with Gasteiger partial charge >= 0.3 is 0 Å². The van der Waals surface area contributed by atoms with Crippen molar-refractivity contribution in [2.24, 2.45) is 0 Å². The zero-order chi connectivity index (χ0) is 19.8. The maximum atomic E-state index is 12.1. The lowest BCUT2D eigenvalue weighted by molar-refractivity contribution is -0.115. The lowest BCUT2D eigenvalue weighted by Gasteiger charge is -2.11. The highest BCUT2D eigenvalue weighted by Crippen LogP contribution is 2.14. The van der Waals surface area contributed by atoms with Crippen molar-refractivity contribution < 1.29 is 14.4 Å². The number of anilines is 3. The zero-order valence-electron chi connectivity index (χ0n) is 15.6. The first-order chi connectivity index (χ1) is 12.8. The lowest BCUT2D eigenvalue weighted by atomic mass is 10.1. The summed E-state index contributed by atoms with van der Waals surface area (Å²) < 4.78 is 0. The summed E-state index contributed by atoms with van der Waals surface area (Å²) in [5, 5.41) is 11.3. The highest BCUT2D eigenvalue weighted by Gasteiger charge is 2.08. The Morgan fingerprint density at radius 1 is 0.889 bits per heavy atom. The van der Waals surface area contributed by atoms with Crippen molar-refractivity contribution in [3.8, 4) is 0 Å². The maximum Gasteiger partial charge on any atom is 0.251 e. The fourth-order valence-electron chi connectivity index (χ4n) is 2.34. The molecular formula is C20H24N4O3. The summed E-state index contributed by atoms with van der Waals surface area (Å²) in [6.07, 6.45) is 0. The van der Waals surface area contributed by atoms with Crippen LogP contribution in [0.4, 0.5) is 17.1 Å². The van der Waals surface area contributed by atoms with Crippen LogP contribution >= 0.6 is 0 Å². The van der Waals surface area contributed by atoms with E-state index in [2.05, 4.69) is 21.3 Å². The van der Waals surface area contributed by atoms with E-state index in [9.17, 15) is 14.4 Å². The van der Waals surface area contributed by atoms with Gasteiger partial charge in [0.1, 0.15) is 0 Å². The number of carbonyl (C=O) groups is 3. The first-order valence-electron chi connectivity index (χ1n) is 8.66. The fraction of sp³-hybridized carbons (Fsp3) is 0.250. The highest BCUT2D eigenvalue weighted by molar-refractivity contribution is 5.96. The van der Waals surface area contributed by atoms with Crippen LogP contribution in [0.3, 0.4) is 0 Å². The third-order valence-corrected chi connectivity index (χ3v) is 3.49. The van der Waals surface area contributed by atoms with Gasteiger partial charge in [-0.1, -0.05) is 6.07 Å². The van der Waals surface area contributed by atoms with Crippen molar-refractivity contribution in [3.05, 3.63) is 54.1 Å².